The van der Waals surface area contributed by atoms with Crippen LogP contribution in [0.5, 0.6) is 5.75 Å². The normalized spacial score (nSPS) is 11.2. The van der Waals surface area contributed by atoms with Gasteiger partial charge in [0.25, 0.3) is 5.89 Å². The van der Waals surface area contributed by atoms with Gasteiger partial charge in [-0.3, -0.25) is 0 Å². The molecule has 2 heterocycles. The number of benzene rings is 1. The van der Waals surface area contributed by atoms with E-state index in [2.05, 4.69) is 15.2 Å². The van der Waals surface area contributed by atoms with Crippen molar-refractivity contribution in [3.63, 3.8) is 0 Å². The molecule has 0 saturated carbocycles. The van der Waals surface area contributed by atoms with Crippen LogP contribution in [0.25, 0.3) is 17.3 Å². The van der Waals surface area contributed by atoms with Gasteiger partial charge in [-0.2, -0.15) is 10.1 Å². The molecule has 1 N–H and O–H groups in total. The molecule has 0 saturated heterocycles. The van der Waals surface area contributed by atoms with Gasteiger partial charge < -0.3 is 9.63 Å². The predicted molar refractivity (Wildman–Crippen MR) is 72.6 cm³/mol. The summed E-state index contributed by atoms with van der Waals surface area (Å²) in [5.41, 5.74) is 1.13. The molecule has 3 rings (SSSR count). The van der Waals surface area contributed by atoms with E-state index in [1.54, 1.807) is 4.68 Å². The predicted octanol–water partition coefficient (Wildman–Crippen LogP) is 2.75. The molecule has 102 valence electrons. The van der Waals surface area contributed by atoms with Crippen LogP contribution < -0.4 is 0 Å². The largest absolute Gasteiger partial charge is 0.504 e. The van der Waals surface area contributed by atoms with Gasteiger partial charge in [-0.25, -0.2) is 4.68 Å². The fourth-order valence-electron chi connectivity index (χ4n) is 1.80. The topological polar surface area (TPSA) is 77.0 Å². The zero-order valence-electron chi connectivity index (χ0n) is 11.2. The highest BCUT2D eigenvalue weighted by atomic mass is 16.5. The Morgan fingerprint density at radius 2 is 1.95 bits per heavy atom. The molecule has 0 unspecified atom stereocenters. The minimum Gasteiger partial charge on any atom is -0.504 e. The van der Waals surface area contributed by atoms with Crippen molar-refractivity contribution in [2.24, 2.45) is 0 Å². The lowest BCUT2D eigenvalue weighted by molar-refractivity contribution is 0.413. The number of aromatic nitrogens is 4. The van der Waals surface area contributed by atoms with Gasteiger partial charge in [0.05, 0.1) is 11.9 Å². The van der Waals surface area contributed by atoms with E-state index in [0.29, 0.717) is 5.82 Å². The zero-order chi connectivity index (χ0) is 14.1. The fraction of sp³-hybridized carbons (Fsp3) is 0.214. The molecular weight excluding hydrogens is 256 g/mol. The van der Waals surface area contributed by atoms with Crippen LogP contribution in [0.4, 0.5) is 0 Å². The summed E-state index contributed by atoms with van der Waals surface area (Å²) in [6, 6.07) is 9.50. The minimum atomic E-state index is 0.00723. The third-order valence-corrected chi connectivity index (χ3v) is 2.88. The molecule has 0 aliphatic heterocycles. The molecule has 20 heavy (non-hydrogen) atoms. The van der Waals surface area contributed by atoms with Gasteiger partial charge in [0, 0.05) is 5.92 Å². The molecule has 0 radical (unpaired) electrons. The molecule has 6 nitrogen and oxygen atoms in total. The molecule has 0 aliphatic carbocycles. The molecule has 0 aliphatic rings. The van der Waals surface area contributed by atoms with E-state index in [1.165, 1.54) is 6.20 Å². The highest BCUT2D eigenvalue weighted by molar-refractivity contribution is 5.56. The first-order valence-corrected chi connectivity index (χ1v) is 6.33. The smallest absolute Gasteiger partial charge is 0.282 e. The second-order valence-corrected chi connectivity index (χ2v) is 4.76. The van der Waals surface area contributed by atoms with Crippen LogP contribution in [0.1, 0.15) is 25.6 Å². The van der Waals surface area contributed by atoms with Gasteiger partial charge >= 0.3 is 0 Å². The Hall–Kier alpha value is -2.63. The van der Waals surface area contributed by atoms with Gasteiger partial charge in [0.1, 0.15) is 0 Å². The average Bonchev–Trinajstić information content (AvgIpc) is 3.06. The Morgan fingerprint density at radius 3 is 2.60 bits per heavy atom. The second-order valence-electron chi connectivity index (χ2n) is 4.76. The molecule has 0 bridgehead atoms. The third kappa shape index (κ3) is 2.16. The van der Waals surface area contributed by atoms with E-state index in [4.69, 9.17) is 4.52 Å². The number of aromatic hydroxyl groups is 1. The van der Waals surface area contributed by atoms with Crippen molar-refractivity contribution in [1.82, 2.24) is 19.9 Å². The summed E-state index contributed by atoms with van der Waals surface area (Å²) in [5.74, 6) is 0.980. The standard InChI is InChI=1S/C14H14N4O2/c1-9(2)13-15-14(20-17-13)12-11(19)8-18(16-12)10-6-4-3-5-7-10/h3-9,19H,1-2H3. The first-order chi connectivity index (χ1) is 9.65. The van der Waals surface area contributed by atoms with Crippen LogP contribution in [0, 0.1) is 0 Å². The van der Waals surface area contributed by atoms with Crippen molar-refractivity contribution in [2.45, 2.75) is 19.8 Å². The highest BCUT2D eigenvalue weighted by Gasteiger charge is 2.18. The Balaban J connectivity index is 2.00. The van der Waals surface area contributed by atoms with E-state index in [1.807, 2.05) is 44.2 Å². The maximum Gasteiger partial charge on any atom is 0.282 e. The van der Waals surface area contributed by atoms with Crippen molar-refractivity contribution in [2.75, 3.05) is 0 Å². The Bertz CT molecular complexity index is 716. The Kier molecular flexibility index (Phi) is 2.98. The van der Waals surface area contributed by atoms with Crippen molar-refractivity contribution in [1.29, 1.82) is 0 Å². The Labute approximate surface area is 115 Å². The Morgan fingerprint density at radius 1 is 1.20 bits per heavy atom. The molecule has 0 amide bonds. The summed E-state index contributed by atoms with van der Waals surface area (Å²) >= 11 is 0. The van der Waals surface area contributed by atoms with Gasteiger partial charge in [-0.15, -0.1) is 0 Å². The highest BCUT2D eigenvalue weighted by Crippen LogP contribution is 2.28. The molecule has 6 heteroatoms. The summed E-state index contributed by atoms with van der Waals surface area (Å²) in [6.07, 6.45) is 1.52. The fourth-order valence-corrected chi connectivity index (χ4v) is 1.80. The van der Waals surface area contributed by atoms with Crippen LogP contribution in [0.15, 0.2) is 41.1 Å². The van der Waals surface area contributed by atoms with Crippen molar-refractivity contribution < 1.29 is 9.63 Å². The molecule has 3 aromatic rings. The summed E-state index contributed by atoms with van der Waals surface area (Å²) in [5, 5.41) is 18.1. The molecule has 1 aromatic carbocycles. The van der Waals surface area contributed by atoms with E-state index in [-0.39, 0.29) is 23.3 Å². The van der Waals surface area contributed by atoms with Gasteiger partial charge in [0.2, 0.25) is 0 Å². The minimum absolute atomic E-state index is 0.00723. The molecule has 2 aromatic heterocycles. The maximum absolute atomic E-state index is 9.98. The second kappa shape index (κ2) is 4.80. The van der Waals surface area contributed by atoms with Gasteiger partial charge in [0.15, 0.2) is 17.3 Å². The summed E-state index contributed by atoms with van der Waals surface area (Å²) < 4.78 is 6.72. The van der Waals surface area contributed by atoms with Crippen molar-refractivity contribution in [3.05, 3.63) is 42.4 Å². The first-order valence-electron chi connectivity index (χ1n) is 6.33. The SMILES string of the molecule is CC(C)c1noc(-c2nn(-c3ccccc3)cc2O)n1. The quantitative estimate of drug-likeness (QED) is 0.791. The monoisotopic (exact) mass is 270 g/mol. The lowest BCUT2D eigenvalue weighted by Crippen LogP contribution is -1.94. The van der Waals surface area contributed by atoms with E-state index in [0.717, 1.165) is 5.69 Å². The van der Waals surface area contributed by atoms with E-state index >= 15 is 0 Å². The summed E-state index contributed by atoms with van der Waals surface area (Å²) in [4.78, 5) is 4.23. The molecule has 0 fully saturated rings. The summed E-state index contributed by atoms with van der Waals surface area (Å²) in [7, 11) is 0. The lowest BCUT2D eigenvalue weighted by atomic mass is 10.2. The number of hydrogen-bond acceptors (Lipinski definition) is 5. The zero-order valence-corrected chi connectivity index (χ0v) is 11.2. The van der Waals surface area contributed by atoms with Crippen molar-refractivity contribution in [3.8, 4) is 23.0 Å². The van der Waals surface area contributed by atoms with Gasteiger partial charge in [-0.05, 0) is 12.1 Å². The number of para-hydroxylation sites is 1. The van der Waals surface area contributed by atoms with Gasteiger partial charge in [-0.1, -0.05) is 37.2 Å². The maximum atomic E-state index is 9.98. The third-order valence-electron chi connectivity index (χ3n) is 2.88. The number of nitrogens with zero attached hydrogens (tertiary/aromatic N) is 4. The first kappa shape index (κ1) is 12.4. The lowest BCUT2D eigenvalue weighted by Gasteiger charge is -1.98. The van der Waals surface area contributed by atoms with Crippen LogP contribution >= 0.6 is 0 Å². The van der Waals surface area contributed by atoms with Crippen LogP contribution in [0.3, 0.4) is 0 Å². The molecule has 0 spiro atoms. The molecule has 0 atom stereocenters. The molecular formula is C14H14N4O2. The van der Waals surface area contributed by atoms with E-state index in [9.17, 15) is 5.11 Å². The number of hydrogen-bond donors (Lipinski definition) is 1. The van der Waals surface area contributed by atoms with Crippen LogP contribution in [-0.2, 0) is 0 Å². The van der Waals surface area contributed by atoms with Crippen LogP contribution in [0.2, 0.25) is 0 Å². The summed E-state index contributed by atoms with van der Waals surface area (Å²) in [6.45, 7) is 3.94. The van der Waals surface area contributed by atoms with E-state index < -0.39 is 0 Å². The van der Waals surface area contributed by atoms with Crippen LogP contribution in [-0.4, -0.2) is 25.0 Å². The average molecular weight is 270 g/mol. The number of rotatable bonds is 3. The van der Waals surface area contributed by atoms with Crippen molar-refractivity contribution >= 4 is 0 Å².